The Bertz CT molecular complexity index is 1580. The van der Waals surface area contributed by atoms with E-state index in [0.717, 1.165) is 12.1 Å². The van der Waals surface area contributed by atoms with E-state index >= 15 is 4.39 Å². The van der Waals surface area contributed by atoms with Crippen LogP contribution in [0.25, 0.3) is 0 Å². The van der Waals surface area contributed by atoms with Gasteiger partial charge in [-0.05, 0) is 17.7 Å². The van der Waals surface area contributed by atoms with E-state index in [1.54, 1.807) is 17.1 Å². The van der Waals surface area contributed by atoms with Crippen LogP contribution < -0.4 is 20.1 Å². The van der Waals surface area contributed by atoms with E-state index in [4.69, 9.17) is 9.47 Å². The van der Waals surface area contributed by atoms with Crippen LogP contribution in [0.4, 0.5) is 14.5 Å². The Balaban J connectivity index is 1.56. The van der Waals surface area contributed by atoms with Gasteiger partial charge in [0.1, 0.15) is 24.6 Å². The van der Waals surface area contributed by atoms with Gasteiger partial charge in [-0.1, -0.05) is 18.2 Å². The predicted octanol–water partition coefficient (Wildman–Crippen LogP) is 1.45. The summed E-state index contributed by atoms with van der Waals surface area (Å²) >= 11 is 0. The standard InChI is InChI=1S/C27H24F2N4O6/c28-18-5-4-15-17(22(18)29)10-31-14(11-34)12-39-20-3-1-2-16(24(20)31)23(15)33-21-13-38-9-8-30(21)27(37)25-26(36)19(35)6-7-32(25)33/h1-7,14,21,23,34,36H,8-13H2/t14-,21-,23+/m1/s1. The summed E-state index contributed by atoms with van der Waals surface area (Å²) in [5.74, 6) is -2.73. The van der Waals surface area contributed by atoms with Gasteiger partial charge < -0.3 is 29.5 Å². The van der Waals surface area contributed by atoms with Crippen LogP contribution in [0.5, 0.6) is 11.5 Å². The van der Waals surface area contributed by atoms with Gasteiger partial charge in [0.05, 0.1) is 31.5 Å². The maximum Gasteiger partial charge on any atom is 0.278 e. The molecule has 3 aromatic rings. The monoisotopic (exact) mass is 538 g/mol. The summed E-state index contributed by atoms with van der Waals surface area (Å²) in [6, 6.07) is 7.77. The number of aromatic nitrogens is 1. The van der Waals surface area contributed by atoms with Crippen molar-refractivity contribution in [1.29, 1.82) is 0 Å². The van der Waals surface area contributed by atoms with E-state index in [-0.39, 0.29) is 50.8 Å². The Morgan fingerprint density at radius 2 is 1.87 bits per heavy atom. The number of amides is 1. The molecule has 2 aromatic carbocycles. The summed E-state index contributed by atoms with van der Waals surface area (Å²) < 4.78 is 43.4. The molecule has 4 aliphatic rings. The average Bonchev–Trinajstić information content (AvgIpc) is 3.10. The second-order valence-electron chi connectivity index (χ2n) is 9.96. The number of hydrogen-bond donors (Lipinski definition) is 2. The molecular weight excluding hydrogens is 514 g/mol. The lowest BCUT2D eigenvalue weighted by atomic mass is 9.92. The third-order valence-electron chi connectivity index (χ3n) is 7.99. The van der Waals surface area contributed by atoms with Gasteiger partial charge in [-0.2, -0.15) is 0 Å². The predicted molar refractivity (Wildman–Crippen MR) is 133 cm³/mol. The number of ether oxygens (including phenoxy) is 2. The molecule has 10 nitrogen and oxygen atoms in total. The summed E-state index contributed by atoms with van der Waals surface area (Å²) in [4.78, 5) is 29.3. The van der Waals surface area contributed by atoms with E-state index < -0.39 is 47.0 Å². The normalized spacial score (nSPS) is 23.3. The number of aromatic hydroxyl groups is 1. The average molecular weight is 539 g/mol. The van der Waals surface area contributed by atoms with Crippen molar-refractivity contribution in [3.63, 3.8) is 0 Å². The zero-order valence-corrected chi connectivity index (χ0v) is 20.6. The summed E-state index contributed by atoms with van der Waals surface area (Å²) in [6.45, 7) is 0.412. The number of anilines is 1. The molecule has 1 saturated heterocycles. The number of fused-ring (bicyclic) bond motifs is 3. The molecule has 0 aliphatic carbocycles. The number of hydrogen-bond acceptors (Lipinski definition) is 8. The molecule has 4 aliphatic heterocycles. The molecule has 1 aromatic heterocycles. The summed E-state index contributed by atoms with van der Waals surface area (Å²) in [5, 5.41) is 22.7. The van der Waals surface area contributed by atoms with Gasteiger partial charge in [0.15, 0.2) is 23.1 Å². The molecule has 0 unspecified atom stereocenters. The van der Waals surface area contributed by atoms with Crippen LogP contribution in [-0.2, 0) is 11.3 Å². The Hall–Kier alpha value is -4.16. The van der Waals surface area contributed by atoms with Crippen molar-refractivity contribution in [1.82, 2.24) is 9.58 Å². The van der Waals surface area contributed by atoms with Crippen LogP contribution in [0, 0.1) is 11.6 Å². The van der Waals surface area contributed by atoms with E-state index in [2.05, 4.69) is 0 Å². The Morgan fingerprint density at radius 1 is 1.03 bits per heavy atom. The van der Waals surface area contributed by atoms with Gasteiger partial charge in [-0.15, -0.1) is 0 Å². The fourth-order valence-electron chi connectivity index (χ4n) is 6.18. The number of morpholine rings is 1. The molecule has 39 heavy (non-hydrogen) atoms. The van der Waals surface area contributed by atoms with Gasteiger partial charge >= 0.3 is 0 Å². The van der Waals surface area contributed by atoms with Gasteiger partial charge in [-0.25, -0.2) is 8.78 Å². The highest BCUT2D eigenvalue weighted by molar-refractivity contribution is 5.96. The largest absolute Gasteiger partial charge is 0.502 e. The lowest BCUT2D eigenvalue weighted by Crippen LogP contribution is -2.66. The molecule has 2 N–H and O–H groups in total. The first-order chi connectivity index (χ1) is 18.9. The van der Waals surface area contributed by atoms with Crippen LogP contribution in [0.3, 0.4) is 0 Å². The molecule has 5 heterocycles. The molecule has 0 bridgehead atoms. The molecule has 0 spiro atoms. The molecule has 0 radical (unpaired) electrons. The van der Waals surface area contributed by atoms with Crippen LogP contribution in [0.1, 0.15) is 33.2 Å². The lowest BCUT2D eigenvalue weighted by Gasteiger charge is -2.51. The molecule has 12 heteroatoms. The van der Waals surface area contributed by atoms with Crippen molar-refractivity contribution in [2.45, 2.75) is 24.8 Å². The van der Waals surface area contributed by atoms with Gasteiger partial charge in [0.2, 0.25) is 5.43 Å². The van der Waals surface area contributed by atoms with Crippen LogP contribution in [0.15, 0.2) is 47.4 Å². The minimum atomic E-state index is -1.01. The number of aliphatic hydroxyl groups is 1. The Morgan fingerprint density at radius 3 is 2.69 bits per heavy atom. The maximum atomic E-state index is 15.6. The zero-order valence-electron chi connectivity index (χ0n) is 20.6. The molecule has 3 atom stereocenters. The highest BCUT2D eigenvalue weighted by atomic mass is 19.2. The second kappa shape index (κ2) is 8.68. The molecule has 1 amide bonds. The fourth-order valence-corrected chi connectivity index (χ4v) is 6.18. The van der Waals surface area contributed by atoms with Crippen molar-refractivity contribution >= 4 is 11.6 Å². The topological polar surface area (TPSA) is 108 Å². The lowest BCUT2D eigenvalue weighted by molar-refractivity contribution is -0.0197. The highest BCUT2D eigenvalue weighted by Gasteiger charge is 2.48. The second-order valence-corrected chi connectivity index (χ2v) is 9.96. The van der Waals surface area contributed by atoms with Gasteiger partial charge in [-0.3, -0.25) is 19.3 Å². The third kappa shape index (κ3) is 3.31. The summed E-state index contributed by atoms with van der Waals surface area (Å²) in [5.41, 5.74) is 0.848. The van der Waals surface area contributed by atoms with Crippen LogP contribution >= 0.6 is 0 Å². The van der Waals surface area contributed by atoms with Crippen molar-refractivity contribution in [2.24, 2.45) is 0 Å². The van der Waals surface area contributed by atoms with E-state index in [1.165, 1.54) is 21.8 Å². The molecular formula is C27H24F2N4O6. The number of para-hydroxylation sites is 1. The molecule has 202 valence electrons. The van der Waals surface area contributed by atoms with Crippen molar-refractivity contribution in [3.8, 4) is 11.5 Å². The molecule has 7 rings (SSSR count). The zero-order chi connectivity index (χ0) is 27.0. The summed E-state index contributed by atoms with van der Waals surface area (Å²) in [6.07, 6.45) is 0.693. The van der Waals surface area contributed by atoms with Crippen LogP contribution in [-0.4, -0.2) is 70.9 Å². The van der Waals surface area contributed by atoms with Crippen molar-refractivity contribution < 1.29 is 33.3 Å². The molecule has 0 saturated carbocycles. The number of nitrogens with zero attached hydrogens (tertiary/aromatic N) is 4. The smallest absolute Gasteiger partial charge is 0.278 e. The SMILES string of the molecule is O=C1c2c(O)c(=O)ccn2N([C@H]2c3ccc(F)c(F)c3CN3c4c(cccc42)OC[C@H]3CO)[C@@H]2COCCN12. The van der Waals surface area contributed by atoms with Crippen molar-refractivity contribution in [3.05, 3.63) is 86.8 Å². The van der Waals surface area contributed by atoms with E-state index in [9.17, 15) is 24.2 Å². The molecule has 1 fully saturated rings. The van der Waals surface area contributed by atoms with E-state index in [1.807, 2.05) is 11.0 Å². The Labute approximate surface area is 220 Å². The number of rotatable bonds is 2. The number of carbonyl (C=O) groups excluding carboxylic acids is 1. The highest BCUT2D eigenvalue weighted by Crippen LogP contribution is 2.49. The minimum absolute atomic E-state index is 0.0338. The van der Waals surface area contributed by atoms with Gasteiger partial charge in [0, 0.05) is 36.5 Å². The third-order valence-corrected chi connectivity index (χ3v) is 7.99. The number of halogens is 2. The summed E-state index contributed by atoms with van der Waals surface area (Å²) in [7, 11) is 0. The fraction of sp³-hybridized carbons (Fsp3) is 0.333. The quantitative estimate of drug-likeness (QED) is 0.505. The number of aliphatic hydroxyl groups excluding tert-OH is 1. The van der Waals surface area contributed by atoms with Gasteiger partial charge in [0.25, 0.3) is 5.91 Å². The Kier molecular flexibility index (Phi) is 5.32. The van der Waals surface area contributed by atoms with Crippen LogP contribution in [0.2, 0.25) is 0 Å². The number of pyridine rings is 1. The first-order valence-corrected chi connectivity index (χ1v) is 12.6. The maximum absolute atomic E-state index is 15.6. The number of benzene rings is 2. The van der Waals surface area contributed by atoms with E-state index in [0.29, 0.717) is 22.6 Å². The first-order valence-electron chi connectivity index (χ1n) is 12.6. The number of carbonyl (C=O) groups is 1. The van der Waals surface area contributed by atoms with Crippen molar-refractivity contribution in [2.75, 3.05) is 42.9 Å². The first kappa shape index (κ1) is 23.9. The minimum Gasteiger partial charge on any atom is -0.502 e.